The van der Waals surface area contributed by atoms with Crippen LogP contribution in [0.5, 0.6) is 0 Å². The summed E-state index contributed by atoms with van der Waals surface area (Å²) in [6, 6.07) is 17.2. The third-order valence-corrected chi connectivity index (χ3v) is 6.57. The van der Waals surface area contributed by atoms with Crippen molar-refractivity contribution in [2.75, 3.05) is 0 Å². The molecule has 2 aliphatic heterocycles. The second kappa shape index (κ2) is 7.12. The van der Waals surface area contributed by atoms with Crippen molar-refractivity contribution < 1.29 is 4.79 Å². The third kappa shape index (κ3) is 3.53. The molecule has 3 nitrogen and oxygen atoms in total. The lowest BCUT2D eigenvalue weighted by atomic mass is 9.98. The number of piperidine rings is 1. The Morgan fingerprint density at radius 2 is 1.78 bits per heavy atom. The smallest absolute Gasteiger partial charge is 0.220 e. The molecule has 2 fully saturated rings. The first kappa shape index (κ1) is 17.0. The molecule has 2 heterocycles. The Morgan fingerprint density at radius 1 is 1.00 bits per heavy atom. The Morgan fingerprint density at radius 3 is 2.63 bits per heavy atom. The number of amides is 1. The van der Waals surface area contributed by atoms with E-state index in [1.54, 1.807) is 0 Å². The summed E-state index contributed by atoms with van der Waals surface area (Å²) < 4.78 is 0. The lowest BCUT2D eigenvalue weighted by Gasteiger charge is -2.29. The Bertz CT molecular complexity index is 847. The average Bonchev–Trinajstić information content (AvgIpc) is 3.21. The van der Waals surface area contributed by atoms with Crippen LogP contribution in [-0.2, 0) is 17.6 Å². The van der Waals surface area contributed by atoms with Crippen LogP contribution in [0.25, 0.3) is 11.1 Å². The van der Waals surface area contributed by atoms with Gasteiger partial charge in [0.05, 0.1) is 0 Å². The van der Waals surface area contributed by atoms with Crippen LogP contribution in [-0.4, -0.2) is 24.0 Å². The van der Waals surface area contributed by atoms with Crippen molar-refractivity contribution in [1.29, 1.82) is 0 Å². The van der Waals surface area contributed by atoms with Crippen molar-refractivity contribution in [3.05, 3.63) is 59.2 Å². The highest BCUT2D eigenvalue weighted by Crippen LogP contribution is 2.37. The van der Waals surface area contributed by atoms with Crippen molar-refractivity contribution in [3.63, 3.8) is 0 Å². The normalized spacial score (nSPS) is 25.1. The second-order valence-corrected chi connectivity index (χ2v) is 8.55. The summed E-state index contributed by atoms with van der Waals surface area (Å²) in [6.45, 7) is 0. The van der Waals surface area contributed by atoms with Crippen LogP contribution in [0, 0.1) is 0 Å². The van der Waals surface area contributed by atoms with E-state index in [2.05, 4.69) is 53.1 Å². The SMILES string of the molecule is O=C(CCCc1ccc2c(c1)-c1ccccc1C2)NC1CC2CCC(C1)N2. The first-order valence-corrected chi connectivity index (χ1v) is 10.5. The summed E-state index contributed by atoms with van der Waals surface area (Å²) in [5.74, 6) is 0.229. The zero-order valence-corrected chi connectivity index (χ0v) is 15.8. The molecule has 2 bridgehead atoms. The van der Waals surface area contributed by atoms with E-state index in [0.29, 0.717) is 24.5 Å². The molecule has 3 heteroatoms. The minimum absolute atomic E-state index is 0.229. The molecule has 3 aliphatic rings. The molecule has 27 heavy (non-hydrogen) atoms. The number of nitrogens with one attached hydrogen (secondary N) is 2. The Labute approximate surface area is 161 Å². The van der Waals surface area contributed by atoms with Crippen LogP contribution in [0.3, 0.4) is 0 Å². The molecule has 2 aromatic carbocycles. The van der Waals surface area contributed by atoms with Gasteiger partial charge in [-0.25, -0.2) is 0 Å². The highest BCUT2D eigenvalue weighted by atomic mass is 16.1. The van der Waals surface area contributed by atoms with Crippen LogP contribution in [0.4, 0.5) is 0 Å². The second-order valence-electron chi connectivity index (χ2n) is 8.55. The van der Waals surface area contributed by atoms with Crippen LogP contribution in [0.2, 0.25) is 0 Å². The quantitative estimate of drug-likeness (QED) is 0.723. The van der Waals surface area contributed by atoms with Crippen molar-refractivity contribution in [1.82, 2.24) is 10.6 Å². The fourth-order valence-corrected chi connectivity index (χ4v) is 5.25. The predicted molar refractivity (Wildman–Crippen MR) is 109 cm³/mol. The molecule has 1 aliphatic carbocycles. The molecule has 0 aromatic heterocycles. The Balaban J connectivity index is 1.14. The van der Waals surface area contributed by atoms with E-state index in [1.807, 2.05) is 0 Å². The zero-order chi connectivity index (χ0) is 18.2. The molecule has 5 rings (SSSR count). The van der Waals surface area contributed by atoms with E-state index in [9.17, 15) is 4.79 Å². The topological polar surface area (TPSA) is 41.1 Å². The van der Waals surface area contributed by atoms with Crippen molar-refractivity contribution in [2.24, 2.45) is 0 Å². The third-order valence-electron chi connectivity index (χ3n) is 6.57. The number of benzene rings is 2. The van der Waals surface area contributed by atoms with E-state index >= 15 is 0 Å². The average molecular weight is 361 g/mol. The van der Waals surface area contributed by atoms with Crippen LogP contribution in [0.1, 0.15) is 55.2 Å². The fraction of sp³-hybridized carbons (Fsp3) is 0.458. The van der Waals surface area contributed by atoms with Gasteiger partial charge in [0.15, 0.2) is 0 Å². The van der Waals surface area contributed by atoms with Crippen molar-refractivity contribution in [2.45, 2.75) is 69.5 Å². The molecular weight excluding hydrogens is 332 g/mol. The molecule has 2 atom stereocenters. The first-order chi connectivity index (χ1) is 13.2. The summed E-state index contributed by atoms with van der Waals surface area (Å²) in [5.41, 5.74) is 6.97. The predicted octanol–water partition coefficient (Wildman–Crippen LogP) is 3.98. The van der Waals surface area contributed by atoms with Crippen molar-refractivity contribution >= 4 is 5.91 Å². The molecule has 1 amide bonds. The lowest BCUT2D eigenvalue weighted by molar-refractivity contribution is -0.122. The van der Waals surface area contributed by atoms with Gasteiger partial charge in [0.25, 0.3) is 0 Å². The van der Waals surface area contributed by atoms with E-state index in [1.165, 1.54) is 40.7 Å². The van der Waals surface area contributed by atoms with Gasteiger partial charge in [0, 0.05) is 24.5 Å². The molecule has 0 radical (unpaired) electrons. The summed E-state index contributed by atoms with van der Waals surface area (Å²) in [5, 5.41) is 6.92. The summed E-state index contributed by atoms with van der Waals surface area (Å²) in [7, 11) is 0. The maximum atomic E-state index is 12.4. The standard InChI is InChI=1S/C24H28N2O/c27-24(26-21-14-19-10-11-20(15-21)25-19)7-3-4-16-8-9-18-13-17-5-1-2-6-22(17)23(18)12-16/h1-2,5-6,8-9,12,19-21,25H,3-4,7,10-11,13-15H2,(H,26,27). The van der Waals surface area contributed by atoms with Gasteiger partial charge < -0.3 is 10.6 Å². The lowest BCUT2D eigenvalue weighted by Crippen LogP contribution is -2.48. The summed E-state index contributed by atoms with van der Waals surface area (Å²) in [6.07, 6.45) is 8.33. The molecule has 140 valence electrons. The Kier molecular flexibility index (Phi) is 4.48. The van der Waals surface area contributed by atoms with E-state index in [4.69, 9.17) is 0 Å². The van der Waals surface area contributed by atoms with Gasteiger partial charge in [0.1, 0.15) is 0 Å². The van der Waals surface area contributed by atoms with Gasteiger partial charge in [-0.2, -0.15) is 0 Å². The number of fused-ring (bicyclic) bond motifs is 5. The highest BCUT2D eigenvalue weighted by Gasteiger charge is 2.33. The van der Waals surface area contributed by atoms with Crippen LogP contribution >= 0.6 is 0 Å². The number of rotatable bonds is 5. The molecular formula is C24H28N2O. The van der Waals surface area contributed by atoms with E-state index in [0.717, 1.165) is 32.1 Å². The molecule has 0 saturated carbocycles. The van der Waals surface area contributed by atoms with Gasteiger partial charge in [-0.3, -0.25) is 4.79 Å². The first-order valence-electron chi connectivity index (χ1n) is 10.5. The monoisotopic (exact) mass is 360 g/mol. The van der Waals surface area contributed by atoms with Gasteiger partial charge in [-0.05, 0) is 72.8 Å². The number of hydrogen-bond acceptors (Lipinski definition) is 2. The number of hydrogen-bond donors (Lipinski definition) is 2. The molecule has 2 aromatic rings. The van der Waals surface area contributed by atoms with Crippen molar-refractivity contribution in [3.8, 4) is 11.1 Å². The molecule has 0 spiro atoms. The van der Waals surface area contributed by atoms with Crippen LogP contribution in [0.15, 0.2) is 42.5 Å². The number of carbonyl (C=O) groups excluding carboxylic acids is 1. The highest BCUT2D eigenvalue weighted by molar-refractivity contribution is 5.77. The van der Waals surface area contributed by atoms with Gasteiger partial charge >= 0.3 is 0 Å². The van der Waals surface area contributed by atoms with Crippen LogP contribution < -0.4 is 10.6 Å². The fourth-order valence-electron chi connectivity index (χ4n) is 5.25. The maximum absolute atomic E-state index is 12.4. The molecule has 2 saturated heterocycles. The van der Waals surface area contributed by atoms with Gasteiger partial charge in [-0.1, -0.05) is 42.5 Å². The number of carbonyl (C=O) groups is 1. The molecule has 2 unspecified atom stereocenters. The Hall–Kier alpha value is -2.13. The van der Waals surface area contributed by atoms with E-state index in [-0.39, 0.29) is 5.91 Å². The number of aryl methyl sites for hydroxylation is 1. The molecule has 2 N–H and O–H groups in total. The zero-order valence-electron chi connectivity index (χ0n) is 15.8. The van der Waals surface area contributed by atoms with Gasteiger partial charge in [-0.15, -0.1) is 0 Å². The minimum Gasteiger partial charge on any atom is -0.353 e. The maximum Gasteiger partial charge on any atom is 0.220 e. The minimum atomic E-state index is 0.229. The summed E-state index contributed by atoms with van der Waals surface area (Å²) in [4.78, 5) is 12.4. The summed E-state index contributed by atoms with van der Waals surface area (Å²) >= 11 is 0. The van der Waals surface area contributed by atoms with E-state index < -0.39 is 0 Å². The largest absolute Gasteiger partial charge is 0.353 e. The van der Waals surface area contributed by atoms with Gasteiger partial charge in [0.2, 0.25) is 5.91 Å².